The SMILES string of the molecule is O=C(Nc1ccc(Br)cn1)c1sccc1S(=O)(=O)C(F)F. The number of thiophene rings is 1. The van der Waals surface area contributed by atoms with Crippen LogP contribution in [0.15, 0.2) is 39.1 Å². The zero-order chi connectivity index (χ0) is 15.6. The first kappa shape index (κ1) is 16.0. The zero-order valence-electron chi connectivity index (χ0n) is 10.1. The maximum absolute atomic E-state index is 12.6. The first-order chi connectivity index (χ1) is 9.82. The van der Waals surface area contributed by atoms with Gasteiger partial charge in [-0.2, -0.15) is 8.78 Å². The fourth-order valence-electron chi connectivity index (χ4n) is 1.41. The van der Waals surface area contributed by atoms with Gasteiger partial charge in [0.2, 0.25) is 9.84 Å². The third kappa shape index (κ3) is 3.44. The second-order valence-electron chi connectivity index (χ2n) is 3.74. The predicted molar refractivity (Wildman–Crippen MR) is 77.4 cm³/mol. The van der Waals surface area contributed by atoms with Crippen LogP contribution in [0.1, 0.15) is 9.67 Å². The molecule has 0 aliphatic rings. The number of sulfone groups is 1. The maximum atomic E-state index is 12.6. The highest BCUT2D eigenvalue weighted by molar-refractivity contribution is 9.10. The summed E-state index contributed by atoms with van der Waals surface area (Å²) in [5, 5.41) is 3.62. The van der Waals surface area contributed by atoms with Crippen LogP contribution in [0.3, 0.4) is 0 Å². The lowest BCUT2D eigenvalue weighted by atomic mass is 10.4. The Labute approximate surface area is 131 Å². The number of nitrogens with one attached hydrogen (secondary N) is 1. The number of aromatic nitrogens is 1. The van der Waals surface area contributed by atoms with Gasteiger partial charge in [0.15, 0.2) is 0 Å². The second kappa shape index (κ2) is 6.16. The molecule has 2 aromatic heterocycles. The molecule has 0 saturated heterocycles. The Bertz CT molecular complexity index is 760. The number of anilines is 1. The Morgan fingerprint density at radius 2 is 2.05 bits per heavy atom. The molecule has 0 aliphatic carbocycles. The van der Waals surface area contributed by atoms with Crippen LogP contribution >= 0.6 is 27.3 Å². The van der Waals surface area contributed by atoms with Crippen LogP contribution < -0.4 is 5.32 Å². The Morgan fingerprint density at radius 1 is 1.33 bits per heavy atom. The zero-order valence-corrected chi connectivity index (χ0v) is 13.3. The molecule has 2 rings (SSSR count). The fourth-order valence-corrected chi connectivity index (χ4v) is 3.70. The molecule has 0 aromatic carbocycles. The smallest absolute Gasteiger partial charge is 0.306 e. The number of nitrogens with zero attached hydrogens (tertiary/aromatic N) is 1. The Morgan fingerprint density at radius 3 is 2.62 bits per heavy atom. The Hall–Kier alpha value is -1.39. The summed E-state index contributed by atoms with van der Waals surface area (Å²) in [6.07, 6.45) is 1.43. The first-order valence-electron chi connectivity index (χ1n) is 5.35. The minimum Gasteiger partial charge on any atom is -0.306 e. The average Bonchev–Trinajstić information content (AvgIpc) is 2.91. The van der Waals surface area contributed by atoms with Crippen LogP contribution in [0.25, 0.3) is 0 Å². The van der Waals surface area contributed by atoms with E-state index in [1.165, 1.54) is 17.6 Å². The third-order valence-electron chi connectivity index (χ3n) is 2.35. The van der Waals surface area contributed by atoms with E-state index in [2.05, 4.69) is 26.2 Å². The number of pyridine rings is 1. The van der Waals surface area contributed by atoms with E-state index >= 15 is 0 Å². The van der Waals surface area contributed by atoms with Crippen molar-refractivity contribution in [3.8, 4) is 0 Å². The van der Waals surface area contributed by atoms with Crippen molar-refractivity contribution in [1.82, 2.24) is 4.98 Å². The molecule has 0 atom stereocenters. The molecule has 0 unspecified atom stereocenters. The molecule has 1 amide bonds. The van der Waals surface area contributed by atoms with Gasteiger partial charge in [0, 0.05) is 10.7 Å². The number of alkyl halides is 2. The number of hydrogen-bond acceptors (Lipinski definition) is 5. The Balaban J connectivity index is 2.29. The van der Waals surface area contributed by atoms with E-state index in [4.69, 9.17) is 0 Å². The number of hydrogen-bond donors (Lipinski definition) is 1. The molecule has 0 spiro atoms. The molecule has 1 N–H and O–H groups in total. The van der Waals surface area contributed by atoms with Gasteiger partial charge in [-0.3, -0.25) is 4.79 Å². The van der Waals surface area contributed by atoms with Gasteiger partial charge in [-0.15, -0.1) is 11.3 Å². The van der Waals surface area contributed by atoms with Gasteiger partial charge >= 0.3 is 5.76 Å². The molecule has 112 valence electrons. The monoisotopic (exact) mass is 396 g/mol. The highest BCUT2D eigenvalue weighted by Gasteiger charge is 2.32. The number of halogens is 3. The molecule has 0 bridgehead atoms. The molecular formula is C11H7BrF2N2O3S2. The summed E-state index contributed by atoms with van der Waals surface area (Å²) < 4.78 is 48.7. The predicted octanol–water partition coefficient (Wildman–Crippen LogP) is 3.15. The van der Waals surface area contributed by atoms with Crippen molar-refractivity contribution < 1.29 is 22.0 Å². The molecule has 5 nitrogen and oxygen atoms in total. The van der Waals surface area contributed by atoms with Crippen molar-refractivity contribution in [2.75, 3.05) is 5.32 Å². The van der Waals surface area contributed by atoms with Gasteiger partial charge in [-0.05, 0) is 39.5 Å². The van der Waals surface area contributed by atoms with Crippen molar-refractivity contribution in [2.45, 2.75) is 10.7 Å². The van der Waals surface area contributed by atoms with Gasteiger partial charge in [0.05, 0.1) is 4.90 Å². The summed E-state index contributed by atoms with van der Waals surface area (Å²) in [4.78, 5) is 14.9. The fraction of sp³-hybridized carbons (Fsp3) is 0.0909. The number of rotatable bonds is 4. The molecule has 21 heavy (non-hydrogen) atoms. The summed E-state index contributed by atoms with van der Waals surface area (Å²) in [7, 11) is -4.82. The maximum Gasteiger partial charge on any atom is 0.341 e. The second-order valence-corrected chi connectivity index (χ2v) is 7.45. The molecule has 0 aliphatic heterocycles. The average molecular weight is 397 g/mol. The van der Waals surface area contributed by atoms with Crippen LogP contribution in [-0.2, 0) is 9.84 Å². The molecule has 2 heterocycles. The van der Waals surface area contributed by atoms with E-state index < -0.39 is 26.4 Å². The summed E-state index contributed by atoms with van der Waals surface area (Å²) >= 11 is 3.93. The number of carbonyl (C=O) groups is 1. The summed E-state index contributed by atoms with van der Waals surface area (Å²) in [6, 6.07) is 4.08. The first-order valence-corrected chi connectivity index (χ1v) is 8.56. The normalized spacial score (nSPS) is 11.6. The van der Waals surface area contributed by atoms with Crippen LogP contribution in [0.4, 0.5) is 14.6 Å². The van der Waals surface area contributed by atoms with Gasteiger partial charge in [-0.25, -0.2) is 13.4 Å². The molecule has 0 radical (unpaired) electrons. The number of amides is 1. The lowest BCUT2D eigenvalue weighted by Crippen LogP contribution is -2.18. The van der Waals surface area contributed by atoms with E-state index in [0.29, 0.717) is 4.47 Å². The standard InChI is InChI=1S/C11H7BrF2N2O3S2/c12-6-1-2-8(15-5-6)16-10(17)9-7(3-4-20-9)21(18,19)11(13)14/h1-5,11H,(H,15,16,17). The van der Waals surface area contributed by atoms with E-state index in [9.17, 15) is 22.0 Å². The molecule has 10 heteroatoms. The summed E-state index contributed by atoms with van der Waals surface area (Å²) in [5.41, 5.74) is 0. The third-order valence-corrected chi connectivity index (χ3v) is 5.28. The van der Waals surface area contributed by atoms with Gasteiger partial charge in [-0.1, -0.05) is 0 Å². The van der Waals surface area contributed by atoms with E-state index in [1.54, 1.807) is 6.07 Å². The van der Waals surface area contributed by atoms with E-state index in [1.807, 2.05) is 0 Å². The van der Waals surface area contributed by atoms with Crippen LogP contribution in [0.2, 0.25) is 0 Å². The van der Waals surface area contributed by atoms with E-state index in [-0.39, 0.29) is 10.7 Å². The quantitative estimate of drug-likeness (QED) is 0.860. The van der Waals surface area contributed by atoms with Crippen molar-refractivity contribution in [3.63, 3.8) is 0 Å². The minimum absolute atomic E-state index is 0.178. The van der Waals surface area contributed by atoms with Crippen molar-refractivity contribution in [1.29, 1.82) is 0 Å². The van der Waals surface area contributed by atoms with Crippen LogP contribution in [0, 0.1) is 0 Å². The topological polar surface area (TPSA) is 76.1 Å². The molecule has 0 fully saturated rings. The largest absolute Gasteiger partial charge is 0.341 e. The Kier molecular flexibility index (Phi) is 4.69. The van der Waals surface area contributed by atoms with Crippen LogP contribution in [-0.4, -0.2) is 25.1 Å². The van der Waals surface area contributed by atoms with E-state index in [0.717, 1.165) is 17.4 Å². The summed E-state index contributed by atoms with van der Waals surface area (Å²) in [6.45, 7) is 0. The highest BCUT2D eigenvalue weighted by Crippen LogP contribution is 2.27. The molecular weight excluding hydrogens is 390 g/mol. The lowest BCUT2D eigenvalue weighted by molar-refractivity contribution is 0.102. The lowest BCUT2D eigenvalue weighted by Gasteiger charge is -2.06. The van der Waals surface area contributed by atoms with Gasteiger partial charge in [0.1, 0.15) is 10.7 Å². The highest BCUT2D eigenvalue weighted by atomic mass is 79.9. The van der Waals surface area contributed by atoms with Crippen molar-refractivity contribution >= 4 is 48.8 Å². The van der Waals surface area contributed by atoms with Crippen molar-refractivity contribution in [2.24, 2.45) is 0 Å². The minimum atomic E-state index is -4.82. The number of carbonyl (C=O) groups excluding carboxylic acids is 1. The van der Waals surface area contributed by atoms with Crippen molar-refractivity contribution in [3.05, 3.63) is 39.1 Å². The molecule has 2 aromatic rings. The van der Waals surface area contributed by atoms with Crippen LogP contribution in [0.5, 0.6) is 0 Å². The van der Waals surface area contributed by atoms with Gasteiger partial charge < -0.3 is 5.32 Å². The molecule has 0 saturated carbocycles. The van der Waals surface area contributed by atoms with Gasteiger partial charge in [0.25, 0.3) is 5.91 Å². The summed E-state index contributed by atoms with van der Waals surface area (Å²) in [5.74, 6) is -4.21.